The maximum absolute atomic E-state index is 13.5. The van der Waals surface area contributed by atoms with Gasteiger partial charge in [0.05, 0.1) is 11.5 Å². The van der Waals surface area contributed by atoms with E-state index in [2.05, 4.69) is 4.72 Å². The van der Waals surface area contributed by atoms with Gasteiger partial charge in [0.15, 0.2) is 0 Å². The van der Waals surface area contributed by atoms with E-state index in [0.717, 1.165) is 0 Å². The second-order valence-electron chi connectivity index (χ2n) is 4.64. The molecule has 0 fully saturated rings. The number of hydrogen-bond donors (Lipinski definition) is 1. The highest BCUT2D eigenvalue weighted by atomic mass is 32.2. The molecule has 0 heterocycles. The second-order valence-corrected chi connectivity index (χ2v) is 6.41. The van der Waals surface area contributed by atoms with Crippen molar-refractivity contribution in [2.75, 3.05) is 13.2 Å². The van der Waals surface area contributed by atoms with Crippen LogP contribution in [0.5, 0.6) is 5.75 Å². The fourth-order valence-electron chi connectivity index (χ4n) is 1.99. The Kier molecular flexibility index (Phi) is 5.51. The molecule has 0 aromatic heterocycles. The van der Waals surface area contributed by atoms with Gasteiger partial charge in [0, 0.05) is 6.54 Å². The van der Waals surface area contributed by atoms with Crippen molar-refractivity contribution in [2.45, 2.75) is 18.2 Å². The summed E-state index contributed by atoms with van der Waals surface area (Å²) < 4.78 is 45.5. The molecule has 0 saturated carbocycles. The molecule has 2 aromatic rings. The number of ether oxygens (including phenoxy) is 1. The standard InChI is InChI=1S/C16H18FNO3S/c1-2-21-14-7-9-15(10-8-14)22(19,20)18-12-11-13-5-3-4-6-16(13)17/h3-10,18H,2,11-12H2,1H3. The van der Waals surface area contributed by atoms with Gasteiger partial charge >= 0.3 is 0 Å². The molecule has 0 amide bonds. The molecule has 2 rings (SSSR count). The van der Waals surface area contributed by atoms with Gasteiger partial charge in [-0.2, -0.15) is 0 Å². The quantitative estimate of drug-likeness (QED) is 0.852. The zero-order valence-electron chi connectivity index (χ0n) is 12.3. The highest BCUT2D eigenvalue weighted by Crippen LogP contribution is 2.16. The molecule has 0 spiro atoms. The molecule has 1 N–H and O–H groups in total. The van der Waals surface area contributed by atoms with Crippen LogP contribution in [0.4, 0.5) is 4.39 Å². The van der Waals surface area contributed by atoms with Crippen molar-refractivity contribution in [2.24, 2.45) is 0 Å². The van der Waals surface area contributed by atoms with Crippen molar-refractivity contribution in [1.82, 2.24) is 4.72 Å². The molecule has 0 bridgehead atoms. The molecule has 0 unspecified atom stereocenters. The lowest BCUT2D eigenvalue weighted by atomic mass is 10.1. The SMILES string of the molecule is CCOc1ccc(S(=O)(=O)NCCc2ccccc2F)cc1. The van der Waals surface area contributed by atoms with Crippen LogP contribution in [0.3, 0.4) is 0 Å². The van der Waals surface area contributed by atoms with Gasteiger partial charge in [-0.1, -0.05) is 18.2 Å². The van der Waals surface area contributed by atoms with E-state index in [9.17, 15) is 12.8 Å². The Morgan fingerprint density at radius 3 is 2.41 bits per heavy atom. The minimum Gasteiger partial charge on any atom is -0.494 e. The van der Waals surface area contributed by atoms with Crippen LogP contribution >= 0.6 is 0 Å². The van der Waals surface area contributed by atoms with E-state index in [1.54, 1.807) is 30.3 Å². The first kappa shape index (κ1) is 16.5. The maximum Gasteiger partial charge on any atom is 0.240 e. The van der Waals surface area contributed by atoms with Gasteiger partial charge in [-0.05, 0) is 49.2 Å². The first-order valence-corrected chi connectivity index (χ1v) is 8.47. The number of sulfonamides is 1. The third kappa shape index (κ3) is 4.29. The second kappa shape index (κ2) is 7.38. The van der Waals surface area contributed by atoms with E-state index in [0.29, 0.717) is 24.3 Å². The molecule has 22 heavy (non-hydrogen) atoms. The Balaban J connectivity index is 1.97. The highest BCUT2D eigenvalue weighted by Gasteiger charge is 2.13. The van der Waals surface area contributed by atoms with E-state index < -0.39 is 10.0 Å². The summed E-state index contributed by atoms with van der Waals surface area (Å²) in [6.07, 6.45) is 0.295. The third-order valence-electron chi connectivity index (χ3n) is 3.09. The smallest absolute Gasteiger partial charge is 0.240 e. The number of nitrogens with one attached hydrogen (secondary N) is 1. The first-order chi connectivity index (χ1) is 10.5. The molecular formula is C16H18FNO3S. The van der Waals surface area contributed by atoms with Crippen molar-refractivity contribution in [3.05, 3.63) is 59.9 Å². The minimum absolute atomic E-state index is 0.135. The van der Waals surface area contributed by atoms with Gasteiger partial charge in [-0.25, -0.2) is 17.5 Å². The van der Waals surface area contributed by atoms with Crippen LogP contribution in [-0.2, 0) is 16.4 Å². The lowest BCUT2D eigenvalue weighted by molar-refractivity contribution is 0.340. The zero-order chi connectivity index (χ0) is 16.0. The van der Waals surface area contributed by atoms with Gasteiger partial charge in [0.1, 0.15) is 11.6 Å². The Morgan fingerprint density at radius 2 is 1.77 bits per heavy atom. The molecule has 0 aliphatic carbocycles. The van der Waals surface area contributed by atoms with Crippen molar-refractivity contribution < 1.29 is 17.5 Å². The largest absolute Gasteiger partial charge is 0.494 e. The number of hydrogen-bond acceptors (Lipinski definition) is 3. The van der Waals surface area contributed by atoms with Gasteiger partial charge in [0.25, 0.3) is 0 Å². The summed E-state index contributed by atoms with van der Waals surface area (Å²) in [5.41, 5.74) is 0.483. The topological polar surface area (TPSA) is 55.4 Å². The molecule has 0 atom stereocenters. The van der Waals surface area contributed by atoms with Gasteiger partial charge in [-0.15, -0.1) is 0 Å². The van der Waals surface area contributed by atoms with E-state index >= 15 is 0 Å². The Labute approximate surface area is 130 Å². The Bertz CT molecular complexity index is 714. The Hall–Kier alpha value is -1.92. The van der Waals surface area contributed by atoms with Crippen LogP contribution < -0.4 is 9.46 Å². The van der Waals surface area contributed by atoms with Crippen LogP contribution in [0.1, 0.15) is 12.5 Å². The lowest BCUT2D eigenvalue weighted by Gasteiger charge is -2.08. The molecular weight excluding hydrogens is 305 g/mol. The molecule has 2 aromatic carbocycles. The highest BCUT2D eigenvalue weighted by molar-refractivity contribution is 7.89. The molecule has 6 heteroatoms. The zero-order valence-corrected chi connectivity index (χ0v) is 13.1. The fourth-order valence-corrected chi connectivity index (χ4v) is 3.02. The molecule has 0 radical (unpaired) electrons. The number of halogens is 1. The summed E-state index contributed by atoms with van der Waals surface area (Å²) in [5, 5.41) is 0. The normalized spacial score (nSPS) is 11.4. The van der Waals surface area contributed by atoms with Crippen molar-refractivity contribution in [3.8, 4) is 5.75 Å². The monoisotopic (exact) mass is 323 g/mol. The number of rotatable bonds is 7. The summed E-state index contributed by atoms with van der Waals surface area (Å²) >= 11 is 0. The minimum atomic E-state index is -3.60. The average molecular weight is 323 g/mol. The Morgan fingerprint density at radius 1 is 1.09 bits per heavy atom. The van der Waals surface area contributed by atoms with Crippen LogP contribution in [0.25, 0.3) is 0 Å². The van der Waals surface area contributed by atoms with E-state index in [-0.39, 0.29) is 17.3 Å². The number of benzene rings is 2. The van der Waals surface area contributed by atoms with Crippen molar-refractivity contribution >= 4 is 10.0 Å². The lowest BCUT2D eigenvalue weighted by Crippen LogP contribution is -2.26. The van der Waals surface area contributed by atoms with Crippen LogP contribution in [-0.4, -0.2) is 21.6 Å². The van der Waals surface area contributed by atoms with Crippen molar-refractivity contribution in [1.29, 1.82) is 0 Å². The molecule has 0 aliphatic heterocycles. The predicted molar refractivity (Wildman–Crippen MR) is 82.9 cm³/mol. The summed E-state index contributed by atoms with van der Waals surface area (Å²) in [6, 6.07) is 12.5. The predicted octanol–water partition coefficient (Wildman–Crippen LogP) is 2.75. The molecule has 0 saturated heterocycles. The van der Waals surface area contributed by atoms with E-state index in [1.807, 2.05) is 6.92 Å². The van der Waals surface area contributed by atoms with Crippen LogP contribution in [0, 0.1) is 5.82 Å². The van der Waals surface area contributed by atoms with E-state index in [4.69, 9.17) is 4.74 Å². The van der Waals surface area contributed by atoms with E-state index in [1.165, 1.54) is 18.2 Å². The van der Waals surface area contributed by atoms with Gasteiger partial charge in [0.2, 0.25) is 10.0 Å². The van der Waals surface area contributed by atoms with Crippen molar-refractivity contribution in [3.63, 3.8) is 0 Å². The maximum atomic E-state index is 13.5. The molecule has 4 nitrogen and oxygen atoms in total. The third-order valence-corrected chi connectivity index (χ3v) is 4.57. The summed E-state index contributed by atoms with van der Waals surface area (Å²) in [5.74, 6) is 0.288. The molecule has 0 aliphatic rings. The van der Waals surface area contributed by atoms with Crippen LogP contribution in [0.2, 0.25) is 0 Å². The first-order valence-electron chi connectivity index (χ1n) is 6.99. The molecule has 118 valence electrons. The van der Waals surface area contributed by atoms with Crippen LogP contribution in [0.15, 0.2) is 53.4 Å². The fraction of sp³-hybridized carbons (Fsp3) is 0.250. The summed E-state index contributed by atoms with van der Waals surface area (Å²) in [6.45, 7) is 2.51. The average Bonchev–Trinajstić information content (AvgIpc) is 2.50. The van der Waals surface area contributed by atoms with Gasteiger partial charge < -0.3 is 4.74 Å². The van der Waals surface area contributed by atoms with Gasteiger partial charge in [-0.3, -0.25) is 0 Å². The summed E-state index contributed by atoms with van der Waals surface area (Å²) in [7, 11) is -3.60. The summed E-state index contributed by atoms with van der Waals surface area (Å²) in [4.78, 5) is 0.157.